The smallest absolute Gasteiger partial charge is 0.550 e. The molecule has 0 aliphatic rings. The van der Waals surface area contributed by atoms with Gasteiger partial charge in [-0.1, -0.05) is 0 Å². The Kier molecular flexibility index (Phi) is 20.9. The Hall–Kier alpha value is 1.37. The van der Waals surface area contributed by atoms with Gasteiger partial charge in [0.05, 0.1) is 5.97 Å². The molecule has 0 bridgehead atoms. The number of rotatable bonds is 5. The van der Waals surface area contributed by atoms with Crippen LogP contribution >= 0.6 is 0 Å². The van der Waals surface area contributed by atoms with Gasteiger partial charge >= 0.3 is 88.7 Å². The second-order valence-corrected chi connectivity index (χ2v) is 2.27. The molecule has 0 radical (unpaired) electrons. The van der Waals surface area contributed by atoms with Crippen molar-refractivity contribution in [3.05, 3.63) is 0 Å². The molecular formula is C6H5Na3O7. The Morgan fingerprint density at radius 2 is 1.31 bits per heavy atom. The summed E-state index contributed by atoms with van der Waals surface area (Å²) in [5, 5.41) is 38.6. The second kappa shape index (κ2) is 12.8. The Morgan fingerprint density at radius 1 is 0.938 bits per heavy atom. The summed E-state index contributed by atoms with van der Waals surface area (Å²) in [4.78, 5) is 30.0. The van der Waals surface area contributed by atoms with Gasteiger partial charge in [-0.05, 0) is 6.42 Å². The molecule has 0 fully saturated rings. The van der Waals surface area contributed by atoms with Gasteiger partial charge < -0.3 is 34.8 Å². The molecule has 0 aliphatic heterocycles. The number of carboxylic acid groups (broad SMARTS) is 3. The molecule has 0 heterocycles. The molecule has 74 valence electrons. The summed E-state index contributed by atoms with van der Waals surface area (Å²) < 4.78 is 0. The molecule has 0 saturated heterocycles. The summed E-state index contributed by atoms with van der Waals surface area (Å²) >= 11 is 0. The fourth-order valence-electron chi connectivity index (χ4n) is 0.668. The first-order valence-electron chi connectivity index (χ1n) is 3.16. The minimum atomic E-state index is -2.41. The van der Waals surface area contributed by atoms with Crippen molar-refractivity contribution in [2.24, 2.45) is 5.92 Å². The first-order valence-corrected chi connectivity index (χ1v) is 3.16. The summed E-state index contributed by atoms with van der Waals surface area (Å²) in [6.07, 6.45) is -3.56. The molecular weight excluding hydrogens is 253 g/mol. The number of carbonyl (C=O) groups excluding carboxylic acids is 3. The summed E-state index contributed by atoms with van der Waals surface area (Å²) in [7, 11) is 0. The Morgan fingerprint density at radius 3 is 1.50 bits per heavy atom. The first kappa shape index (κ1) is 26.0. The topological polar surface area (TPSA) is 141 Å². The van der Waals surface area contributed by atoms with Crippen LogP contribution in [-0.2, 0) is 14.4 Å². The van der Waals surface area contributed by atoms with Gasteiger partial charge in [-0.3, -0.25) is 0 Å². The quantitative estimate of drug-likeness (QED) is 0.482. The fraction of sp³-hybridized carbons (Fsp3) is 0.500. The van der Waals surface area contributed by atoms with Crippen molar-refractivity contribution >= 4 is 17.9 Å². The van der Waals surface area contributed by atoms with Crippen molar-refractivity contribution in [1.82, 2.24) is 0 Å². The van der Waals surface area contributed by atoms with Crippen molar-refractivity contribution in [3.8, 4) is 0 Å². The number of aliphatic hydroxyl groups is 1. The van der Waals surface area contributed by atoms with Crippen molar-refractivity contribution in [3.63, 3.8) is 0 Å². The van der Waals surface area contributed by atoms with E-state index in [1.807, 2.05) is 0 Å². The Labute approximate surface area is 157 Å². The van der Waals surface area contributed by atoms with Crippen LogP contribution in [0.1, 0.15) is 6.42 Å². The van der Waals surface area contributed by atoms with Gasteiger partial charge in [-0.2, -0.15) is 0 Å². The Balaban J connectivity index is -0.000000240. The van der Waals surface area contributed by atoms with Crippen LogP contribution in [0.3, 0.4) is 0 Å². The summed E-state index contributed by atoms with van der Waals surface area (Å²) in [5.41, 5.74) is 0. The van der Waals surface area contributed by atoms with E-state index in [0.717, 1.165) is 0 Å². The largest absolute Gasteiger partial charge is 1.00 e. The molecule has 1 N–H and O–H groups in total. The summed E-state index contributed by atoms with van der Waals surface area (Å²) in [6, 6.07) is 0. The normalized spacial score (nSPS) is 11.8. The maximum Gasteiger partial charge on any atom is 1.00 e. The molecule has 0 aromatic heterocycles. The van der Waals surface area contributed by atoms with Gasteiger partial charge in [0.15, 0.2) is 0 Å². The predicted molar refractivity (Wildman–Crippen MR) is 29.1 cm³/mol. The van der Waals surface area contributed by atoms with E-state index in [2.05, 4.69) is 0 Å². The third-order valence-electron chi connectivity index (χ3n) is 1.31. The first-order chi connectivity index (χ1) is 5.86. The average molecular weight is 258 g/mol. The molecule has 0 aliphatic carbocycles. The number of carbonyl (C=O) groups is 3. The minimum absolute atomic E-state index is 0. The van der Waals surface area contributed by atoms with E-state index in [1.54, 1.807) is 0 Å². The zero-order valence-corrected chi connectivity index (χ0v) is 15.3. The number of carboxylic acids is 3. The zero-order valence-electron chi connectivity index (χ0n) is 9.26. The number of hydrogen-bond donors (Lipinski definition) is 1. The molecule has 0 amide bonds. The monoisotopic (exact) mass is 258 g/mol. The van der Waals surface area contributed by atoms with E-state index < -0.39 is 36.4 Å². The van der Waals surface area contributed by atoms with Crippen molar-refractivity contribution in [2.45, 2.75) is 12.5 Å². The van der Waals surface area contributed by atoms with Gasteiger partial charge in [0, 0.05) is 17.9 Å². The van der Waals surface area contributed by atoms with E-state index in [9.17, 15) is 29.7 Å². The molecule has 0 unspecified atom stereocenters. The van der Waals surface area contributed by atoms with E-state index in [1.165, 1.54) is 0 Å². The molecule has 10 heteroatoms. The van der Waals surface area contributed by atoms with Gasteiger partial charge in [0.1, 0.15) is 6.10 Å². The maximum absolute atomic E-state index is 10.1. The fourth-order valence-corrected chi connectivity index (χ4v) is 0.668. The van der Waals surface area contributed by atoms with E-state index >= 15 is 0 Å². The van der Waals surface area contributed by atoms with Crippen LogP contribution in [0.4, 0.5) is 0 Å². The van der Waals surface area contributed by atoms with Gasteiger partial charge in [0.2, 0.25) is 0 Å². The van der Waals surface area contributed by atoms with Crippen LogP contribution in [0.25, 0.3) is 0 Å². The van der Waals surface area contributed by atoms with Crippen molar-refractivity contribution in [1.29, 1.82) is 0 Å². The molecule has 16 heavy (non-hydrogen) atoms. The minimum Gasteiger partial charge on any atom is -0.550 e. The van der Waals surface area contributed by atoms with Crippen LogP contribution in [0.2, 0.25) is 0 Å². The summed E-state index contributed by atoms with van der Waals surface area (Å²) in [5.74, 6) is -7.92. The molecule has 7 nitrogen and oxygen atoms in total. The van der Waals surface area contributed by atoms with Gasteiger partial charge in [0.25, 0.3) is 0 Å². The third-order valence-corrected chi connectivity index (χ3v) is 1.31. The van der Waals surface area contributed by atoms with Gasteiger partial charge in [-0.25, -0.2) is 0 Å². The zero-order chi connectivity index (χ0) is 10.6. The molecule has 2 atom stereocenters. The Bertz CT molecular complexity index is 244. The van der Waals surface area contributed by atoms with Crippen LogP contribution < -0.4 is 104 Å². The second-order valence-electron chi connectivity index (χ2n) is 2.27. The third kappa shape index (κ3) is 10.5. The van der Waals surface area contributed by atoms with Crippen molar-refractivity contribution in [2.75, 3.05) is 0 Å². The molecule has 0 spiro atoms. The van der Waals surface area contributed by atoms with Crippen LogP contribution in [-0.4, -0.2) is 29.1 Å². The molecule has 0 saturated carbocycles. The number of aliphatic carboxylic acids is 3. The number of aliphatic hydroxyl groups excluding tert-OH is 1. The van der Waals surface area contributed by atoms with E-state index in [-0.39, 0.29) is 88.7 Å². The maximum atomic E-state index is 10.1. The average Bonchev–Trinajstić information content (AvgIpc) is 1.97. The van der Waals surface area contributed by atoms with Crippen LogP contribution in [0, 0.1) is 5.92 Å². The molecule has 0 rings (SSSR count). The van der Waals surface area contributed by atoms with Gasteiger partial charge in [-0.15, -0.1) is 0 Å². The standard InChI is InChI=1S/C6H8O7.3Na/c7-3(8)1-2(5(10)11)4(9)6(12)13;;;/h2,4,9H,1H2,(H,7,8)(H,10,11)(H,12,13);;;/q;3*+1/p-3/t2-,4+;;;/m0.../s1. The summed E-state index contributed by atoms with van der Waals surface area (Å²) in [6.45, 7) is 0. The molecule has 0 aromatic carbocycles. The van der Waals surface area contributed by atoms with E-state index in [0.29, 0.717) is 0 Å². The van der Waals surface area contributed by atoms with Crippen LogP contribution in [0.5, 0.6) is 0 Å². The molecule has 0 aromatic rings. The van der Waals surface area contributed by atoms with E-state index in [4.69, 9.17) is 5.11 Å². The SMILES string of the molecule is O=C([O-])C[C@H](C(=O)[O-])[C@@H](O)C(=O)[O-].[Na+].[Na+].[Na+]. The van der Waals surface area contributed by atoms with Crippen LogP contribution in [0.15, 0.2) is 0 Å². The van der Waals surface area contributed by atoms with Crippen molar-refractivity contribution < 1.29 is 123 Å². The number of hydrogen-bond acceptors (Lipinski definition) is 7. The predicted octanol–water partition coefficient (Wildman–Crippen LogP) is -14.4.